The van der Waals surface area contributed by atoms with Crippen LogP contribution in [0.25, 0.3) is 0 Å². The molecule has 0 aromatic heterocycles. The quantitative estimate of drug-likeness (QED) is 0.398. The molecule has 0 aliphatic heterocycles. The minimum Gasteiger partial charge on any atom is -0.341 e. The number of thioether (sulfide) groups is 1. The van der Waals surface area contributed by atoms with Crippen molar-refractivity contribution in [2.75, 3.05) is 19.5 Å². The van der Waals surface area contributed by atoms with Gasteiger partial charge < -0.3 is 20.8 Å². The zero-order valence-electron chi connectivity index (χ0n) is 10.5. The molecule has 0 saturated carbocycles. The van der Waals surface area contributed by atoms with E-state index < -0.39 is 15.7 Å². The highest BCUT2D eigenvalue weighted by molar-refractivity contribution is 8.10. The molecule has 0 N–H and O–H groups in total. The van der Waals surface area contributed by atoms with Gasteiger partial charge in [-0.15, -0.1) is 4.61 Å². The predicted molar refractivity (Wildman–Crippen MR) is 71.0 cm³/mol. The van der Waals surface area contributed by atoms with Crippen LogP contribution in [-0.2, 0) is 13.6 Å². The van der Waals surface area contributed by atoms with Crippen LogP contribution >= 0.6 is 19.4 Å². The Kier molecular flexibility index (Phi) is 6.76. The van der Waals surface area contributed by atoms with Gasteiger partial charge in [0.2, 0.25) is 0 Å². The van der Waals surface area contributed by atoms with Crippen LogP contribution in [-0.4, -0.2) is 27.5 Å². The number of rotatable bonds is 7. The van der Waals surface area contributed by atoms with Gasteiger partial charge in [0.1, 0.15) is 0 Å². The Hall–Kier alpha value is 0.717. The van der Waals surface area contributed by atoms with Gasteiger partial charge in [0, 0.05) is 0 Å². The fraction of sp³-hybridized carbons (Fsp3) is 0.889. The molecule has 0 fully saturated rings. The van der Waals surface area contributed by atoms with Gasteiger partial charge in [-0.3, -0.25) is 4.57 Å². The summed E-state index contributed by atoms with van der Waals surface area (Å²) in [4.78, 5) is 0. The molecular formula is C9H22O3PSSi-. The summed E-state index contributed by atoms with van der Waals surface area (Å²) in [6, 6.07) is 0. The van der Waals surface area contributed by atoms with Gasteiger partial charge >= 0.3 is 0 Å². The summed E-state index contributed by atoms with van der Waals surface area (Å²) >= 11 is 1.53. The standard InChI is InChI=1S/C9H22O3PSSi/c1-7-11-13(10,12-8-2)9(14-3)15(4,5)6/h7-8H2,1-6H3/q-1. The maximum Gasteiger partial charge on any atom is 0.198 e. The maximum atomic E-state index is 12.5. The molecule has 0 heterocycles. The topological polar surface area (TPSA) is 35.5 Å². The van der Waals surface area contributed by atoms with E-state index >= 15 is 0 Å². The average Bonchev–Trinajstić information content (AvgIpc) is 2.02. The second-order valence-electron chi connectivity index (χ2n) is 4.09. The Morgan fingerprint density at radius 3 is 1.80 bits per heavy atom. The lowest BCUT2D eigenvalue weighted by Gasteiger charge is -2.46. The van der Waals surface area contributed by atoms with Crippen LogP contribution in [0.1, 0.15) is 13.8 Å². The van der Waals surface area contributed by atoms with Gasteiger partial charge in [-0.2, -0.15) is 0 Å². The van der Waals surface area contributed by atoms with Crippen LogP contribution in [0.15, 0.2) is 0 Å². The number of hydrogen-bond acceptors (Lipinski definition) is 4. The zero-order chi connectivity index (χ0) is 12.1. The van der Waals surface area contributed by atoms with E-state index in [2.05, 4.69) is 19.6 Å². The molecule has 0 saturated heterocycles. The summed E-state index contributed by atoms with van der Waals surface area (Å²) in [5, 5.41) is 0. The second kappa shape index (κ2) is 6.45. The lowest BCUT2D eigenvalue weighted by molar-refractivity contribution is 0.226. The third kappa shape index (κ3) is 4.61. The van der Waals surface area contributed by atoms with E-state index in [4.69, 9.17) is 9.05 Å². The molecule has 0 atom stereocenters. The monoisotopic (exact) mass is 269 g/mol. The molecule has 15 heavy (non-hydrogen) atoms. The molecule has 0 unspecified atom stereocenters. The summed E-state index contributed by atoms with van der Waals surface area (Å²) in [7, 11) is -4.64. The molecule has 3 nitrogen and oxygen atoms in total. The van der Waals surface area contributed by atoms with Crippen molar-refractivity contribution >= 4 is 27.4 Å². The first-order valence-corrected chi connectivity index (χ1v) is 11.4. The summed E-state index contributed by atoms with van der Waals surface area (Å²) in [6.07, 6.45) is 1.94. The lowest BCUT2D eigenvalue weighted by Crippen LogP contribution is -2.30. The van der Waals surface area contributed by atoms with Gasteiger partial charge in [0.25, 0.3) is 0 Å². The molecule has 6 heteroatoms. The predicted octanol–water partition coefficient (Wildman–Crippen LogP) is 3.98. The van der Waals surface area contributed by atoms with Crippen molar-refractivity contribution in [3.8, 4) is 0 Å². The van der Waals surface area contributed by atoms with Crippen molar-refractivity contribution in [2.24, 2.45) is 0 Å². The minimum absolute atomic E-state index is 0.422. The molecule has 0 aromatic carbocycles. The molecule has 0 radical (unpaired) electrons. The normalized spacial score (nSPS) is 13.5. The van der Waals surface area contributed by atoms with Gasteiger partial charge in [-0.25, -0.2) is 0 Å². The van der Waals surface area contributed by atoms with Crippen molar-refractivity contribution in [3.63, 3.8) is 0 Å². The van der Waals surface area contributed by atoms with Crippen LogP contribution in [0, 0.1) is 4.61 Å². The van der Waals surface area contributed by atoms with Crippen molar-refractivity contribution < 1.29 is 13.6 Å². The van der Waals surface area contributed by atoms with E-state index in [1.807, 2.05) is 20.1 Å². The summed E-state index contributed by atoms with van der Waals surface area (Å²) < 4.78 is 24.2. The molecule has 0 spiro atoms. The van der Waals surface area contributed by atoms with Crippen molar-refractivity contribution in [2.45, 2.75) is 33.5 Å². The molecule has 0 aromatic rings. The molecule has 0 aliphatic carbocycles. The van der Waals surface area contributed by atoms with E-state index in [9.17, 15) is 4.57 Å². The van der Waals surface area contributed by atoms with Crippen LogP contribution in [0.3, 0.4) is 0 Å². The highest BCUT2D eigenvalue weighted by Gasteiger charge is 2.30. The second-order valence-corrected chi connectivity index (χ2v) is 13.0. The van der Waals surface area contributed by atoms with Crippen molar-refractivity contribution in [3.05, 3.63) is 4.61 Å². The summed E-state index contributed by atoms with van der Waals surface area (Å²) in [6.45, 7) is 11.0. The van der Waals surface area contributed by atoms with Gasteiger partial charge in [0.05, 0.1) is 13.2 Å². The van der Waals surface area contributed by atoms with Gasteiger partial charge in [0.15, 0.2) is 7.60 Å². The highest BCUT2D eigenvalue weighted by atomic mass is 32.2. The Balaban J connectivity index is 4.94. The van der Waals surface area contributed by atoms with E-state index in [1.165, 1.54) is 11.8 Å². The molecule has 0 rings (SSSR count). The molecule has 0 aliphatic rings. The summed E-state index contributed by atoms with van der Waals surface area (Å²) in [5.74, 6) is 0. The molecule has 0 bridgehead atoms. The summed E-state index contributed by atoms with van der Waals surface area (Å²) in [5.41, 5.74) is 0. The smallest absolute Gasteiger partial charge is 0.198 e. The first kappa shape index (κ1) is 15.7. The minimum atomic E-state index is -3.01. The van der Waals surface area contributed by atoms with Crippen LogP contribution < -0.4 is 0 Å². The highest BCUT2D eigenvalue weighted by Crippen LogP contribution is 2.64. The fourth-order valence-corrected chi connectivity index (χ4v) is 9.65. The van der Waals surface area contributed by atoms with E-state index in [1.54, 1.807) is 0 Å². The van der Waals surface area contributed by atoms with Crippen LogP contribution in [0.5, 0.6) is 0 Å². The van der Waals surface area contributed by atoms with Crippen LogP contribution in [0.2, 0.25) is 19.6 Å². The van der Waals surface area contributed by atoms with Crippen molar-refractivity contribution in [1.82, 2.24) is 0 Å². The first-order chi connectivity index (χ1) is 6.81. The first-order valence-electron chi connectivity index (χ1n) is 5.13. The van der Waals surface area contributed by atoms with E-state index in [-0.39, 0.29) is 0 Å². The fourth-order valence-electron chi connectivity index (χ4n) is 1.32. The van der Waals surface area contributed by atoms with Crippen LogP contribution in [0.4, 0.5) is 0 Å². The number of hydrogen-bond donors (Lipinski definition) is 0. The molecular weight excluding hydrogens is 247 g/mol. The lowest BCUT2D eigenvalue weighted by atomic mass is 10.9. The van der Waals surface area contributed by atoms with E-state index in [0.29, 0.717) is 13.2 Å². The SMILES string of the molecule is CCOP(=O)(OCC)[C-](SC)[Si](C)(C)C. The third-order valence-corrected chi connectivity index (χ3v) is 11.5. The van der Waals surface area contributed by atoms with E-state index in [0.717, 1.165) is 4.61 Å². The molecule has 92 valence electrons. The average molecular weight is 269 g/mol. The third-order valence-electron chi connectivity index (χ3n) is 1.68. The maximum absolute atomic E-state index is 12.5. The Morgan fingerprint density at radius 2 is 1.60 bits per heavy atom. The van der Waals surface area contributed by atoms with Gasteiger partial charge in [-0.1, -0.05) is 27.7 Å². The molecule has 0 amide bonds. The zero-order valence-corrected chi connectivity index (χ0v) is 13.2. The Bertz CT molecular complexity index is 220. The largest absolute Gasteiger partial charge is 0.341 e. The van der Waals surface area contributed by atoms with Gasteiger partial charge in [-0.05, 0) is 20.1 Å². The Morgan fingerprint density at radius 1 is 1.20 bits per heavy atom. The van der Waals surface area contributed by atoms with Crippen molar-refractivity contribution in [1.29, 1.82) is 0 Å². The Labute approximate surface area is 98.9 Å².